The van der Waals surface area contributed by atoms with Gasteiger partial charge in [0.1, 0.15) is 0 Å². The van der Waals surface area contributed by atoms with E-state index >= 15 is 0 Å². The molecule has 0 spiro atoms. The van der Waals surface area contributed by atoms with Crippen LogP contribution in [0.15, 0.2) is 36.4 Å². The van der Waals surface area contributed by atoms with Crippen LogP contribution in [0.4, 0.5) is 0 Å². The summed E-state index contributed by atoms with van der Waals surface area (Å²) < 4.78 is 0. The van der Waals surface area contributed by atoms with Gasteiger partial charge in [-0.3, -0.25) is 0 Å². The predicted octanol–water partition coefficient (Wildman–Crippen LogP) is 1.85. The Hall–Kier alpha value is -2.12. The number of hydrogen-bond donors (Lipinski definition) is 2. The second-order valence-electron chi connectivity index (χ2n) is 3.60. The highest BCUT2D eigenvalue weighted by atomic mass is 16.4. The van der Waals surface area contributed by atoms with Crippen LogP contribution in [0, 0.1) is 11.3 Å². The van der Waals surface area contributed by atoms with Crippen molar-refractivity contribution in [3.8, 4) is 6.07 Å². The Labute approximate surface area is 100 Å². The molecule has 1 atom stereocenters. The van der Waals surface area contributed by atoms with Crippen molar-refractivity contribution < 1.29 is 9.90 Å². The predicted molar refractivity (Wildman–Crippen MR) is 64.4 cm³/mol. The van der Waals surface area contributed by atoms with Crippen LogP contribution in [0.3, 0.4) is 0 Å². The third kappa shape index (κ3) is 4.49. The van der Waals surface area contributed by atoms with Crippen LogP contribution < -0.4 is 5.32 Å². The lowest BCUT2D eigenvalue weighted by Gasteiger charge is -2.12. The second-order valence-corrected chi connectivity index (χ2v) is 3.60. The largest absolute Gasteiger partial charge is 0.478 e. The molecule has 2 N–H and O–H groups in total. The maximum atomic E-state index is 10.2. The fourth-order valence-corrected chi connectivity index (χ4v) is 1.37. The Morgan fingerprint density at radius 3 is 2.71 bits per heavy atom. The molecule has 4 nitrogen and oxygen atoms in total. The summed E-state index contributed by atoms with van der Waals surface area (Å²) in [6, 6.07) is 9.47. The zero-order valence-electron chi connectivity index (χ0n) is 9.55. The number of nitrogens with zero attached hydrogens (tertiary/aromatic N) is 1. The van der Waals surface area contributed by atoms with Crippen molar-refractivity contribution >= 4 is 5.97 Å². The number of carboxylic acids is 1. The van der Waals surface area contributed by atoms with Gasteiger partial charge in [-0.15, -0.1) is 0 Å². The number of benzene rings is 1. The molecule has 17 heavy (non-hydrogen) atoms. The number of carbonyl (C=O) groups is 1. The molecule has 0 radical (unpaired) electrons. The molecule has 0 bridgehead atoms. The molecule has 0 saturated carbocycles. The van der Waals surface area contributed by atoms with Gasteiger partial charge in [0.15, 0.2) is 0 Å². The quantitative estimate of drug-likeness (QED) is 0.757. The molecule has 1 aromatic rings. The Kier molecular flexibility index (Phi) is 4.92. The monoisotopic (exact) mass is 230 g/mol. The molecule has 1 unspecified atom stereocenters. The summed E-state index contributed by atoms with van der Waals surface area (Å²) in [5.41, 5.74) is 1.69. The van der Waals surface area contributed by atoms with E-state index in [1.807, 2.05) is 19.1 Å². The first-order valence-electron chi connectivity index (χ1n) is 5.26. The normalized spacial score (nSPS) is 12.2. The van der Waals surface area contributed by atoms with Gasteiger partial charge >= 0.3 is 5.97 Å². The van der Waals surface area contributed by atoms with Crippen molar-refractivity contribution in [1.82, 2.24) is 5.32 Å². The Morgan fingerprint density at radius 1 is 1.53 bits per heavy atom. The molecule has 1 aromatic carbocycles. The number of nitrogens with one attached hydrogen (secondary N) is 1. The van der Waals surface area contributed by atoms with Crippen LogP contribution in [0.1, 0.15) is 24.1 Å². The first kappa shape index (κ1) is 12.9. The molecule has 0 saturated heterocycles. The van der Waals surface area contributed by atoms with Gasteiger partial charge in [0, 0.05) is 18.7 Å². The molecule has 0 fully saturated rings. The molecule has 0 heterocycles. The van der Waals surface area contributed by atoms with E-state index in [4.69, 9.17) is 10.4 Å². The maximum Gasteiger partial charge on any atom is 0.328 e. The highest BCUT2D eigenvalue weighted by molar-refractivity contribution is 5.79. The van der Waals surface area contributed by atoms with Gasteiger partial charge < -0.3 is 10.4 Å². The lowest BCUT2D eigenvalue weighted by atomic mass is 10.1. The lowest BCUT2D eigenvalue weighted by molar-refractivity contribution is -0.131. The zero-order valence-corrected chi connectivity index (χ0v) is 9.55. The van der Waals surface area contributed by atoms with Crippen molar-refractivity contribution in [1.29, 1.82) is 5.26 Å². The maximum absolute atomic E-state index is 10.2. The Balaban J connectivity index is 2.49. The fraction of sp³-hybridized carbons (Fsp3) is 0.231. The molecule has 0 aliphatic carbocycles. The van der Waals surface area contributed by atoms with Crippen molar-refractivity contribution in [3.63, 3.8) is 0 Å². The van der Waals surface area contributed by atoms with E-state index in [2.05, 4.69) is 11.4 Å². The summed E-state index contributed by atoms with van der Waals surface area (Å²) in [4.78, 5) is 10.2. The average molecular weight is 230 g/mol. The molecule has 0 aliphatic heterocycles. The van der Waals surface area contributed by atoms with E-state index < -0.39 is 5.97 Å². The van der Waals surface area contributed by atoms with Crippen molar-refractivity contribution in [2.45, 2.75) is 13.0 Å². The molecule has 1 rings (SSSR count). The molecular formula is C13H14N2O2. The number of nitriles is 1. The van der Waals surface area contributed by atoms with Gasteiger partial charge in [0.25, 0.3) is 0 Å². The summed E-state index contributed by atoms with van der Waals surface area (Å²) in [5, 5.41) is 20.2. The van der Waals surface area contributed by atoms with Crippen molar-refractivity contribution in [2.75, 3.05) is 6.54 Å². The van der Waals surface area contributed by atoms with E-state index in [1.54, 1.807) is 18.2 Å². The van der Waals surface area contributed by atoms with Gasteiger partial charge in [0.2, 0.25) is 0 Å². The smallest absolute Gasteiger partial charge is 0.328 e. The highest BCUT2D eigenvalue weighted by Crippen LogP contribution is 2.12. The van der Waals surface area contributed by atoms with E-state index in [1.165, 1.54) is 0 Å². The summed E-state index contributed by atoms with van der Waals surface area (Å²) >= 11 is 0. The van der Waals surface area contributed by atoms with Crippen molar-refractivity contribution in [2.24, 2.45) is 0 Å². The first-order valence-corrected chi connectivity index (χ1v) is 5.26. The van der Waals surface area contributed by atoms with E-state index in [0.717, 1.165) is 11.6 Å². The van der Waals surface area contributed by atoms with Crippen molar-refractivity contribution in [3.05, 3.63) is 47.5 Å². The Bertz CT molecular complexity index is 443. The van der Waals surface area contributed by atoms with E-state index in [9.17, 15) is 4.79 Å². The van der Waals surface area contributed by atoms with Crippen LogP contribution in [-0.4, -0.2) is 17.6 Å². The van der Waals surface area contributed by atoms with E-state index in [-0.39, 0.29) is 6.04 Å². The highest BCUT2D eigenvalue weighted by Gasteiger charge is 2.03. The molecule has 88 valence electrons. The molecule has 0 amide bonds. The van der Waals surface area contributed by atoms with Crippen LogP contribution in [0.5, 0.6) is 0 Å². The average Bonchev–Trinajstić information content (AvgIpc) is 2.34. The van der Waals surface area contributed by atoms with Gasteiger partial charge in [-0.25, -0.2) is 4.79 Å². The summed E-state index contributed by atoms with van der Waals surface area (Å²) in [5.74, 6) is -0.946. The Morgan fingerprint density at radius 2 is 2.18 bits per heavy atom. The summed E-state index contributed by atoms with van der Waals surface area (Å²) in [6.45, 7) is 2.48. The third-order valence-corrected chi connectivity index (χ3v) is 2.34. The molecule has 4 heteroatoms. The van der Waals surface area contributed by atoms with Gasteiger partial charge in [-0.2, -0.15) is 5.26 Å². The minimum absolute atomic E-state index is 0.112. The third-order valence-electron chi connectivity index (χ3n) is 2.34. The van der Waals surface area contributed by atoms with Gasteiger partial charge in [0.05, 0.1) is 11.6 Å². The zero-order chi connectivity index (χ0) is 12.7. The van der Waals surface area contributed by atoms with Crippen LogP contribution in [0.25, 0.3) is 0 Å². The summed E-state index contributed by atoms with van der Waals surface area (Å²) in [7, 11) is 0. The number of hydrogen-bond acceptors (Lipinski definition) is 3. The molecule has 0 aromatic heterocycles. The minimum atomic E-state index is -0.946. The summed E-state index contributed by atoms with van der Waals surface area (Å²) in [6.07, 6.45) is 2.67. The first-order chi connectivity index (χ1) is 8.13. The SMILES string of the molecule is CC(NC/C=C/C(=O)O)c1ccc(C#N)cc1. The standard InChI is InChI=1S/C13H14N2O2/c1-10(15-8-2-3-13(16)17)12-6-4-11(9-14)5-7-12/h2-7,10,15H,8H2,1H3,(H,16,17)/b3-2+. The van der Waals surface area contributed by atoms with Crippen LogP contribution in [-0.2, 0) is 4.79 Å². The van der Waals surface area contributed by atoms with Crippen LogP contribution in [0.2, 0.25) is 0 Å². The number of aliphatic carboxylic acids is 1. The van der Waals surface area contributed by atoms with E-state index in [0.29, 0.717) is 12.1 Å². The topological polar surface area (TPSA) is 73.1 Å². The van der Waals surface area contributed by atoms with Gasteiger partial charge in [-0.1, -0.05) is 18.2 Å². The van der Waals surface area contributed by atoms with Crippen LogP contribution >= 0.6 is 0 Å². The number of rotatable bonds is 5. The molecule has 0 aliphatic rings. The van der Waals surface area contributed by atoms with Gasteiger partial charge in [-0.05, 0) is 24.6 Å². The number of carboxylic acid groups (broad SMARTS) is 1. The fourth-order valence-electron chi connectivity index (χ4n) is 1.37. The minimum Gasteiger partial charge on any atom is -0.478 e. The second kappa shape index (κ2) is 6.46. The lowest BCUT2D eigenvalue weighted by Crippen LogP contribution is -2.18. The molecular weight excluding hydrogens is 216 g/mol.